The fraction of sp³-hybridized carbons (Fsp3) is 1.00. The Hall–Kier alpha value is 2.33. The second-order valence-corrected chi connectivity index (χ2v) is 2.74. The Bertz CT molecular complexity index is 7.61. The maximum Gasteiger partial charge on any atom is -1.00 e. The maximum absolute atomic E-state index is 2.18. The van der Waals surface area contributed by atoms with E-state index in [0.717, 1.165) is 0 Å². The first-order valence-corrected chi connectivity index (χ1v) is 3.45. The first-order valence-electron chi connectivity index (χ1n) is 1.12. The Labute approximate surface area is 82.1 Å². The molecule has 0 atom stereocenters. The van der Waals surface area contributed by atoms with Crippen molar-refractivity contribution >= 4 is 24.4 Å². The zero-order valence-corrected chi connectivity index (χ0v) is 10.7. The van der Waals surface area contributed by atoms with Gasteiger partial charge in [-0.3, -0.25) is 0 Å². The van der Waals surface area contributed by atoms with Crippen LogP contribution >= 0.6 is 0 Å². The van der Waals surface area contributed by atoms with Crippen LogP contribution in [0, 0.1) is 0 Å². The second kappa shape index (κ2) is 16.2. The van der Waals surface area contributed by atoms with E-state index in [1.165, 1.54) is 28.6 Å². The summed E-state index contributed by atoms with van der Waals surface area (Å²) in [4.78, 5) is 0. The molecule has 0 aliphatic heterocycles. The molecular weight excluding hydrogens is 393 g/mol. The van der Waals surface area contributed by atoms with Crippen LogP contribution in [0.1, 0.15) is 6.92 Å². The zero-order chi connectivity index (χ0) is 2.71. The van der Waals surface area contributed by atoms with E-state index in [2.05, 4.69) is 6.92 Å². The minimum absolute atomic E-state index is 0. The number of rotatable bonds is 0. The van der Waals surface area contributed by atoms with Crippen LogP contribution in [0.2, 0.25) is 4.18 Å². The molecule has 0 aromatic carbocycles. The van der Waals surface area contributed by atoms with Crippen LogP contribution in [0.5, 0.6) is 0 Å². The van der Waals surface area contributed by atoms with Gasteiger partial charge in [-0.15, -0.1) is 0 Å². The van der Waals surface area contributed by atoms with Crippen LogP contribution < -0.4 is 48.0 Å². The summed E-state index contributed by atoms with van der Waals surface area (Å²) in [5, 5.41) is 0. The van der Waals surface area contributed by atoms with Gasteiger partial charge in [0.05, 0.1) is 0 Å². The predicted molar refractivity (Wildman–Crippen MR) is 16.2 cm³/mol. The number of halogens is 2. The summed E-state index contributed by atoms with van der Waals surface area (Å²) in [6, 6.07) is 0. The van der Waals surface area contributed by atoms with Crippen LogP contribution in [-0.2, 0) is 0 Å². The molecule has 0 fully saturated rings. The van der Waals surface area contributed by atoms with Crippen molar-refractivity contribution in [3.8, 4) is 0 Å². The molecule has 0 amide bonds. The van der Waals surface area contributed by atoms with Gasteiger partial charge in [0.15, 0.2) is 0 Å². The summed E-state index contributed by atoms with van der Waals surface area (Å²) >= 11 is 1.42. The van der Waals surface area contributed by atoms with Gasteiger partial charge in [0, 0.05) is 0 Å². The Morgan fingerprint density at radius 1 is 1.40 bits per heavy atom. The van der Waals surface area contributed by atoms with Gasteiger partial charge in [0.25, 0.3) is 0 Å². The number of hydrogen-bond donors (Lipinski definition) is 0. The van der Waals surface area contributed by atoms with Gasteiger partial charge in [-0.2, -0.15) is 0 Å². The molecule has 0 rings (SSSR count). The molecule has 0 aliphatic carbocycles. The first-order chi connectivity index (χ1) is 1.41. The van der Waals surface area contributed by atoms with E-state index in [4.69, 9.17) is 0 Å². The molecule has 0 saturated carbocycles. The van der Waals surface area contributed by atoms with E-state index in [1.807, 2.05) is 0 Å². The van der Waals surface area contributed by atoms with Crippen molar-refractivity contribution in [3.05, 3.63) is 0 Å². The molecule has 0 N–H and O–H groups in total. The van der Waals surface area contributed by atoms with E-state index in [0.29, 0.717) is 0 Å². The molecule has 0 bridgehead atoms. The quantitative estimate of drug-likeness (QED) is 0.358. The van der Waals surface area contributed by atoms with E-state index < -0.39 is 0 Å². The predicted octanol–water partition coefficient (Wildman–Crippen LogP) is -5.40. The number of hydrogen-bond acceptors (Lipinski definition) is 0. The fourth-order valence-corrected chi connectivity index (χ4v) is 0. The van der Waals surface area contributed by atoms with E-state index in [9.17, 15) is 0 Å². The van der Waals surface area contributed by atoms with E-state index >= 15 is 0 Å². The molecule has 30 valence electrons. The molecule has 0 aromatic rings. The SMILES string of the molecule is C[CH2][In+2].[I-].[I-]. The molecule has 0 unspecified atom stereocenters. The van der Waals surface area contributed by atoms with Crippen molar-refractivity contribution in [3.63, 3.8) is 0 Å². The van der Waals surface area contributed by atoms with Gasteiger partial charge in [-0.05, 0) is 0 Å². The van der Waals surface area contributed by atoms with Gasteiger partial charge in [0.2, 0.25) is 0 Å². The van der Waals surface area contributed by atoms with Crippen molar-refractivity contribution in [2.75, 3.05) is 0 Å². The summed E-state index contributed by atoms with van der Waals surface area (Å²) < 4.78 is 1.38. The summed E-state index contributed by atoms with van der Waals surface area (Å²) in [5.74, 6) is 0. The smallest absolute Gasteiger partial charge is 1.00 e. The summed E-state index contributed by atoms with van der Waals surface area (Å²) in [7, 11) is 0. The Morgan fingerprint density at radius 2 is 1.40 bits per heavy atom. The minimum Gasteiger partial charge on any atom is -1.00 e. The fourth-order valence-electron chi connectivity index (χ4n) is 0. The zero-order valence-electron chi connectivity index (χ0n) is 3.04. The van der Waals surface area contributed by atoms with Gasteiger partial charge in [-0.1, -0.05) is 0 Å². The van der Waals surface area contributed by atoms with Gasteiger partial charge in [0.1, 0.15) is 0 Å². The Morgan fingerprint density at radius 3 is 1.40 bits per heavy atom. The van der Waals surface area contributed by atoms with Crippen molar-refractivity contribution in [1.82, 2.24) is 0 Å². The standard InChI is InChI=1S/C2H5.2HI.In/c1-2;;;/h1H2,2H3;2*1H;/q;;;+2/p-2. The molecule has 0 saturated heterocycles. The van der Waals surface area contributed by atoms with Gasteiger partial charge < -0.3 is 48.0 Å². The summed E-state index contributed by atoms with van der Waals surface area (Å²) in [5.41, 5.74) is 0. The molecule has 0 heterocycles. The summed E-state index contributed by atoms with van der Waals surface area (Å²) in [6.07, 6.45) is 0. The molecule has 3 heteroatoms. The molecule has 5 heavy (non-hydrogen) atoms. The molecule has 0 nitrogen and oxygen atoms in total. The van der Waals surface area contributed by atoms with Crippen molar-refractivity contribution in [1.29, 1.82) is 0 Å². The summed E-state index contributed by atoms with van der Waals surface area (Å²) in [6.45, 7) is 2.18. The van der Waals surface area contributed by atoms with Crippen LogP contribution in [0.15, 0.2) is 0 Å². The monoisotopic (exact) mass is 398 g/mol. The maximum atomic E-state index is 2.18. The largest absolute Gasteiger partial charge is 1.00 e. The minimum atomic E-state index is 0. The average Bonchev–Trinajstić information content (AvgIpc) is 0.918. The van der Waals surface area contributed by atoms with Crippen LogP contribution in [0.4, 0.5) is 0 Å². The molecule has 0 aliphatic rings. The van der Waals surface area contributed by atoms with Crippen molar-refractivity contribution in [2.24, 2.45) is 0 Å². The second-order valence-electron chi connectivity index (χ2n) is 0.408. The molecule has 0 radical (unpaired) electrons. The average molecular weight is 398 g/mol. The van der Waals surface area contributed by atoms with Crippen LogP contribution in [-0.4, -0.2) is 24.4 Å². The van der Waals surface area contributed by atoms with Crippen LogP contribution in [0.25, 0.3) is 0 Å². The molecule has 0 spiro atoms. The van der Waals surface area contributed by atoms with E-state index in [-0.39, 0.29) is 48.0 Å². The van der Waals surface area contributed by atoms with Gasteiger partial charge >= 0.3 is 35.5 Å². The van der Waals surface area contributed by atoms with E-state index in [1.54, 1.807) is 0 Å². The topological polar surface area (TPSA) is 0 Å². The third-order valence-corrected chi connectivity index (χ3v) is 0. The van der Waals surface area contributed by atoms with Crippen LogP contribution in [0.3, 0.4) is 0 Å². The van der Waals surface area contributed by atoms with Gasteiger partial charge in [-0.25, -0.2) is 0 Å². The van der Waals surface area contributed by atoms with Crippen molar-refractivity contribution in [2.45, 2.75) is 11.1 Å². The Balaban J connectivity index is -0.0000000200. The third-order valence-electron chi connectivity index (χ3n) is 0. The normalized spacial score (nSPS) is 3.80. The Kier molecular flexibility index (Phi) is 50.8. The first kappa shape index (κ1) is 15.7. The third kappa shape index (κ3) is 21.9. The molecular formula is C2H5I2In. The molecule has 0 aromatic heterocycles. The van der Waals surface area contributed by atoms with Crippen molar-refractivity contribution < 1.29 is 48.0 Å².